The Morgan fingerprint density at radius 2 is 1.73 bits per heavy atom. The Kier molecular flexibility index (Phi) is 3.67. The van der Waals surface area contributed by atoms with E-state index < -0.39 is 20.2 Å². The molecule has 2 aliphatic carbocycles. The van der Waals surface area contributed by atoms with Crippen LogP contribution in [-0.4, -0.2) is 13.9 Å². The van der Waals surface area contributed by atoms with Crippen LogP contribution in [0.15, 0.2) is 53.5 Å². The van der Waals surface area contributed by atoms with E-state index in [1.165, 1.54) is 12.1 Å². The van der Waals surface area contributed by atoms with Crippen LogP contribution in [0.3, 0.4) is 0 Å². The Morgan fingerprint density at radius 1 is 1.05 bits per heavy atom. The molecular formula is C16H15F3O2S. The second-order valence-electron chi connectivity index (χ2n) is 5.74. The van der Waals surface area contributed by atoms with E-state index in [1.807, 2.05) is 12.2 Å². The lowest BCUT2D eigenvalue weighted by atomic mass is 9.93. The maximum atomic E-state index is 12.5. The van der Waals surface area contributed by atoms with E-state index in [2.05, 4.69) is 12.2 Å². The lowest BCUT2D eigenvalue weighted by Gasteiger charge is -2.13. The molecule has 1 aromatic rings. The Hall–Kier alpha value is -1.56. The van der Waals surface area contributed by atoms with Gasteiger partial charge in [-0.2, -0.15) is 13.2 Å². The van der Waals surface area contributed by atoms with Crippen LogP contribution in [-0.2, 0) is 9.84 Å². The molecule has 0 bridgehead atoms. The molecule has 0 aromatic heterocycles. The number of allylic oxidation sites excluding steroid dienone is 4. The van der Waals surface area contributed by atoms with Gasteiger partial charge >= 0.3 is 5.51 Å². The molecule has 2 nitrogen and oxygen atoms in total. The van der Waals surface area contributed by atoms with Gasteiger partial charge in [0.2, 0.25) is 0 Å². The molecule has 1 fully saturated rings. The molecule has 22 heavy (non-hydrogen) atoms. The summed E-state index contributed by atoms with van der Waals surface area (Å²) >= 11 is 0. The summed E-state index contributed by atoms with van der Waals surface area (Å²) in [5.41, 5.74) is -4.34. The predicted octanol–water partition coefficient (Wildman–Crippen LogP) is 4.22. The van der Waals surface area contributed by atoms with Crippen molar-refractivity contribution < 1.29 is 21.6 Å². The van der Waals surface area contributed by atoms with Crippen molar-refractivity contribution in [3.05, 3.63) is 54.1 Å². The maximum absolute atomic E-state index is 12.5. The van der Waals surface area contributed by atoms with E-state index in [0.29, 0.717) is 17.8 Å². The van der Waals surface area contributed by atoms with E-state index in [4.69, 9.17) is 0 Å². The fraction of sp³-hybridized carbons (Fsp3) is 0.375. The van der Waals surface area contributed by atoms with Crippen LogP contribution in [0.2, 0.25) is 0 Å². The predicted molar refractivity (Wildman–Crippen MR) is 76.9 cm³/mol. The molecule has 6 heteroatoms. The monoisotopic (exact) mass is 328 g/mol. The molecule has 0 spiro atoms. The molecule has 0 N–H and O–H groups in total. The molecule has 1 aromatic carbocycles. The van der Waals surface area contributed by atoms with Crippen LogP contribution in [0.25, 0.3) is 0 Å². The Labute approximate surface area is 127 Å². The minimum absolute atomic E-state index is 0.309. The summed E-state index contributed by atoms with van der Waals surface area (Å²) < 4.78 is 60.1. The lowest BCUT2D eigenvalue weighted by molar-refractivity contribution is -0.0436. The van der Waals surface area contributed by atoms with Gasteiger partial charge in [-0.3, -0.25) is 0 Å². The zero-order valence-corrected chi connectivity index (χ0v) is 12.4. The molecule has 0 saturated heterocycles. The maximum Gasteiger partial charge on any atom is 0.501 e. The fourth-order valence-electron chi connectivity index (χ4n) is 3.02. The van der Waals surface area contributed by atoms with Crippen molar-refractivity contribution in [3.63, 3.8) is 0 Å². The molecule has 1 saturated carbocycles. The summed E-state index contributed by atoms with van der Waals surface area (Å²) in [5.74, 6) is 1.27. The summed E-state index contributed by atoms with van der Waals surface area (Å²) in [6, 6.07) is 5.13. The summed E-state index contributed by atoms with van der Waals surface area (Å²) in [6.07, 6.45) is 10.3. The van der Waals surface area contributed by atoms with Gasteiger partial charge in [-0.1, -0.05) is 36.4 Å². The number of alkyl halides is 3. The summed E-state index contributed by atoms with van der Waals surface area (Å²) in [5, 5.41) is 0. The fourth-order valence-corrected chi connectivity index (χ4v) is 3.78. The molecule has 0 radical (unpaired) electrons. The first-order valence-corrected chi connectivity index (χ1v) is 8.53. The van der Waals surface area contributed by atoms with E-state index in [1.54, 1.807) is 0 Å². The first-order chi connectivity index (χ1) is 10.3. The van der Waals surface area contributed by atoms with Crippen molar-refractivity contribution in [2.45, 2.75) is 29.2 Å². The highest BCUT2D eigenvalue weighted by molar-refractivity contribution is 7.92. The lowest BCUT2D eigenvalue weighted by Crippen LogP contribution is -2.23. The molecule has 3 unspecified atom stereocenters. The average Bonchev–Trinajstić information content (AvgIpc) is 3.28. The van der Waals surface area contributed by atoms with Crippen molar-refractivity contribution in [1.29, 1.82) is 0 Å². The van der Waals surface area contributed by atoms with E-state index in [-0.39, 0.29) is 0 Å². The first-order valence-electron chi connectivity index (χ1n) is 7.05. The molecule has 3 rings (SSSR count). The van der Waals surface area contributed by atoms with Gasteiger partial charge in [0.05, 0.1) is 4.90 Å². The third-order valence-electron chi connectivity index (χ3n) is 4.33. The van der Waals surface area contributed by atoms with Crippen LogP contribution in [0.5, 0.6) is 0 Å². The van der Waals surface area contributed by atoms with Crippen molar-refractivity contribution in [2.24, 2.45) is 11.8 Å². The molecule has 0 heterocycles. The highest BCUT2D eigenvalue weighted by atomic mass is 32.2. The molecular weight excluding hydrogens is 313 g/mol. The number of halogens is 3. The molecule has 0 amide bonds. The quantitative estimate of drug-likeness (QED) is 0.833. The Morgan fingerprint density at radius 3 is 2.27 bits per heavy atom. The molecule has 0 aliphatic heterocycles. The minimum Gasteiger partial charge on any atom is -0.214 e. The van der Waals surface area contributed by atoms with Crippen LogP contribution in [0, 0.1) is 11.8 Å². The van der Waals surface area contributed by atoms with Crippen molar-refractivity contribution in [2.75, 3.05) is 0 Å². The smallest absolute Gasteiger partial charge is 0.214 e. The highest BCUT2D eigenvalue weighted by Crippen LogP contribution is 2.53. The van der Waals surface area contributed by atoms with E-state index in [0.717, 1.165) is 30.5 Å². The summed E-state index contributed by atoms with van der Waals surface area (Å²) in [7, 11) is -5.25. The van der Waals surface area contributed by atoms with Gasteiger partial charge < -0.3 is 0 Å². The van der Waals surface area contributed by atoms with E-state index in [9.17, 15) is 21.6 Å². The summed E-state index contributed by atoms with van der Waals surface area (Å²) in [4.78, 5) is -0.693. The van der Waals surface area contributed by atoms with Crippen LogP contribution >= 0.6 is 0 Å². The van der Waals surface area contributed by atoms with Gasteiger partial charge in [0, 0.05) is 0 Å². The number of rotatable bonds is 3. The second-order valence-corrected chi connectivity index (χ2v) is 7.68. The van der Waals surface area contributed by atoms with Gasteiger partial charge in [0.1, 0.15) is 0 Å². The highest BCUT2D eigenvalue weighted by Gasteiger charge is 2.47. The first kappa shape index (κ1) is 15.3. The largest absolute Gasteiger partial charge is 0.501 e. The zero-order chi connectivity index (χ0) is 16.0. The van der Waals surface area contributed by atoms with Crippen molar-refractivity contribution in [3.8, 4) is 0 Å². The van der Waals surface area contributed by atoms with Crippen LogP contribution in [0.4, 0.5) is 13.2 Å². The van der Waals surface area contributed by atoms with Crippen molar-refractivity contribution in [1.82, 2.24) is 0 Å². The van der Waals surface area contributed by atoms with Crippen molar-refractivity contribution >= 4 is 9.84 Å². The molecule has 3 atom stereocenters. The standard InChI is InChI=1S/C16H15F3O2S/c17-16(18,19)22(20,21)13-8-6-12(7-9-13)15-10-14(15)11-4-2-1-3-5-11/h1-4,6-9,11,14-15H,5,10H2. The SMILES string of the molecule is O=S(=O)(c1ccc(C2CC2C2C=CC=CC2)cc1)C(F)(F)F. The van der Waals surface area contributed by atoms with Gasteiger partial charge in [-0.15, -0.1) is 0 Å². The van der Waals surface area contributed by atoms with Crippen LogP contribution < -0.4 is 0 Å². The Bertz CT molecular complexity index is 715. The third kappa shape index (κ3) is 2.72. The zero-order valence-electron chi connectivity index (χ0n) is 11.6. The minimum atomic E-state index is -5.25. The number of hydrogen-bond donors (Lipinski definition) is 0. The van der Waals surface area contributed by atoms with E-state index >= 15 is 0 Å². The third-order valence-corrected chi connectivity index (χ3v) is 5.83. The number of sulfone groups is 1. The topological polar surface area (TPSA) is 34.1 Å². The second kappa shape index (κ2) is 5.26. The summed E-state index contributed by atoms with van der Waals surface area (Å²) in [6.45, 7) is 0. The van der Waals surface area contributed by atoms with Gasteiger partial charge in [-0.25, -0.2) is 8.42 Å². The molecule has 118 valence electrons. The average molecular weight is 328 g/mol. The van der Waals surface area contributed by atoms with Crippen LogP contribution in [0.1, 0.15) is 24.3 Å². The van der Waals surface area contributed by atoms with Gasteiger partial charge in [0.25, 0.3) is 9.84 Å². The normalized spacial score (nSPS) is 27.9. The molecule has 2 aliphatic rings. The van der Waals surface area contributed by atoms with Gasteiger partial charge in [-0.05, 0) is 48.3 Å². The number of hydrogen-bond acceptors (Lipinski definition) is 2. The van der Waals surface area contributed by atoms with Gasteiger partial charge in [0.15, 0.2) is 0 Å². The Balaban J connectivity index is 1.74. The number of benzene rings is 1.